The van der Waals surface area contributed by atoms with Crippen LogP contribution in [0.4, 0.5) is 0 Å². The Kier molecular flexibility index (Phi) is 7.11. The zero-order valence-corrected chi connectivity index (χ0v) is 16.3. The zero-order valence-electron chi connectivity index (χ0n) is 16.3. The van der Waals surface area contributed by atoms with Crippen LogP contribution in [-0.2, 0) is 16.0 Å². The van der Waals surface area contributed by atoms with Crippen LogP contribution in [0.25, 0.3) is 11.1 Å². The first-order chi connectivity index (χ1) is 14.0. The highest BCUT2D eigenvalue weighted by Gasteiger charge is 2.28. The van der Waals surface area contributed by atoms with Crippen LogP contribution in [0.1, 0.15) is 37.7 Å². The Hall–Kier alpha value is -3.02. The molecule has 0 heterocycles. The summed E-state index contributed by atoms with van der Waals surface area (Å²) < 4.78 is 0. The molecule has 0 radical (unpaired) electrons. The van der Waals surface area contributed by atoms with Crippen molar-refractivity contribution in [2.45, 2.75) is 50.6 Å². The minimum Gasteiger partial charge on any atom is -0.481 e. The van der Waals surface area contributed by atoms with E-state index >= 15 is 0 Å². The molecule has 2 N–H and O–H groups in total. The molecule has 1 aliphatic carbocycles. The fourth-order valence-electron chi connectivity index (χ4n) is 3.90. The molecule has 1 fully saturated rings. The molecule has 1 amide bonds. The maximum atomic E-state index is 12.6. The second-order valence-electron chi connectivity index (χ2n) is 7.68. The van der Waals surface area contributed by atoms with E-state index in [0.717, 1.165) is 16.7 Å². The van der Waals surface area contributed by atoms with Gasteiger partial charge in [-0.2, -0.15) is 4.91 Å². The molecule has 1 saturated carbocycles. The third-order valence-corrected chi connectivity index (χ3v) is 5.53. The Labute approximate surface area is 170 Å². The van der Waals surface area contributed by atoms with Gasteiger partial charge in [-0.3, -0.25) is 9.59 Å². The number of benzene rings is 2. The Morgan fingerprint density at radius 3 is 2.17 bits per heavy atom. The monoisotopic (exact) mass is 394 g/mol. The summed E-state index contributed by atoms with van der Waals surface area (Å²) >= 11 is 0. The van der Waals surface area contributed by atoms with Crippen molar-refractivity contribution in [3.05, 3.63) is 65.1 Å². The number of carbonyl (C=O) groups is 2. The van der Waals surface area contributed by atoms with Gasteiger partial charge in [0.1, 0.15) is 0 Å². The number of nitrogens with one attached hydrogen (secondary N) is 1. The van der Waals surface area contributed by atoms with Gasteiger partial charge < -0.3 is 10.4 Å². The largest absolute Gasteiger partial charge is 0.481 e. The van der Waals surface area contributed by atoms with Crippen molar-refractivity contribution >= 4 is 11.9 Å². The molecule has 1 atom stereocenters. The SMILES string of the molecule is O=NC1CCC(C(=O)N[C@@H](CC(=O)O)Cc2ccc(-c3ccccc3)cc2)CC1. The van der Waals surface area contributed by atoms with Gasteiger partial charge in [-0.1, -0.05) is 59.8 Å². The van der Waals surface area contributed by atoms with E-state index in [1.165, 1.54) is 0 Å². The van der Waals surface area contributed by atoms with Crippen molar-refractivity contribution in [2.24, 2.45) is 11.1 Å². The molecule has 0 unspecified atom stereocenters. The quantitative estimate of drug-likeness (QED) is 0.657. The van der Waals surface area contributed by atoms with Crippen molar-refractivity contribution in [2.75, 3.05) is 0 Å². The number of rotatable bonds is 8. The van der Waals surface area contributed by atoms with Crippen molar-refractivity contribution < 1.29 is 14.7 Å². The predicted octanol–water partition coefficient (Wildman–Crippen LogP) is 4.18. The molecule has 3 rings (SSSR count). The summed E-state index contributed by atoms with van der Waals surface area (Å²) in [6.07, 6.45) is 2.80. The van der Waals surface area contributed by atoms with E-state index in [4.69, 9.17) is 0 Å². The lowest BCUT2D eigenvalue weighted by atomic mass is 9.85. The van der Waals surface area contributed by atoms with Crippen molar-refractivity contribution in [1.82, 2.24) is 5.32 Å². The Morgan fingerprint density at radius 1 is 0.966 bits per heavy atom. The second kappa shape index (κ2) is 9.96. The molecular formula is C23H26N2O4. The lowest BCUT2D eigenvalue weighted by Crippen LogP contribution is -2.42. The Balaban J connectivity index is 1.62. The lowest BCUT2D eigenvalue weighted by Gasteiger charge is -2.26. The number of carbonyl (C=O) groups excluding carboxylic acids is 1. The molecular weight excluding hydrogens is 368 g/mol. The number of carboxylic acid groups (broad SMARTS) is 1. The lowest BCUT2D eigenvalue weighted by molar-refractivity contribution is -0.137. The topological polar surface area (TPSA) is 95.8 Å². The van der Waals surface area contributed by atoms with E-state index in [0.29, 0.717) is 32.1 Å². The van der Waals surface area contributed by atoms with Gasteiger partial charge in [0.2, 0.25) is 5.91 Å². The normalized spacial score (nSPS) is 19.9. The summed E-state index contributed by atoms with van der Waals surface area (Å²) in [5, 5.41) is 15.2. The number of carboxylic acids is 1. The fraction of sp³-hybridized carbons (Fsp3) is 0.391. The first kappa shape index (κ1) is 20.7. The van der Waals surface area contributed by atoms with Gasteiger partial charge in [0.05, 0.1) is 12.5 Å². The van der Waals surface area contributed by atoms with Gasteiger partial charge in [-0.15, -0.1) is 0 Å². The summed E-state index contributed by atoms with van der Waals surface area (Å²) in [5.41, 5.74) is 3.19. The summed E-state index contributed by atoms with van der Waals surface area (Å²) in [6, 6.07) is 17.3. The summed E-state index contributed by atoms with van der Waals surface area (Å²) in [5.74, 6) is -1.24. The molecule has 6 nitrogen and oxygen atoms in total. The Morgan fingerprint density at radius 2 is 1.59 bits per heavy atom. The summed E-state index contributed by atoms with van der Waals surface area (Å²) in [6.45, 7) is 0. The number of nitroso groups, excluding NO2 is 1. The van der Waals surface area contributed by atoms with Crippen LogP contribution in [0.3, 0.4) is 0 Å². The molecule has 6 heteroatoms. The van der Waals surface area contributed by atoms with Crippen molar-refractivity contribution in [3.8, 4) is 11.1 Å². The highest BCUT2D eigenvalue weighted by atomic mass is 16.4. The standard InChI is InChI=1S/C23H26N2O4/c26-22(27)15-21(24-23(28)19-10-12-20(25-29)13-11-19)14-16-6-8-18(9-7-16)17-4-2-1-3-5-17/h1-9,19-21H,10-15H2,(H,24,28)(H,26,27)/t19?,20?,21-/m1/s1. The van der Waals surface area contributed by atoms with E-state index in [1.54, 1.807) is 0 Å². The third-order valence-electron chi connectivity index (χ3n) is 5.53. The summed E-state index contributed by atoms with van der Waals surface area (Å²) in [4.78, 5) is 34.5. The number of amides is 1. The average Bonchev–Trinajstić information content (AvgIpc) is 2.74. The van der Waals surface area contributed by atoms with Crippen molar-refractivity contribution in [1.29, 1.82) is 0 Å². The number of aliphatic carboxylic acids is 1. The minimum absolute atomic E-state index is 0.124. The molecule has 0 aliphatic heterocycles. The maximum Gasteiger partial charge on any atom is 0.305 e. The summed E-state index contributed by atoms with van der Waals surface area (Å²) in [7, 11) is 0. The van der Waals surface area contributed by atoms with Gasteiger partial charge in [-0.05, 0) is 48.8 Å². The third kappa shape index (κ3) is 5.98. The van der Waals surface area contributed by atoms with Crippen LogP contribution in [-0.4, -0.2) is 29.1 Å². The molecule has 2 aromatic rings. The second-order valence-corrected chi connectivity index (χ2v) is 7.68. The Bertz CT molecular complexity index is 828. The minimum atomic E-state index is -0.940. The zero-order chi connectivity index (χ0) is 20.6. The van der Waals surface area contributed by atoms with Crippen LogP contribution in [0.2, 0.25) is 0 Å². The molecule has 2 aromatic carbocycles. The highest BCUT2D eigenvalue weighted by Crippen LogP contribution is 2.26. The van der Waals surface area contributed by atoms with E-state index in [1.807, 2.05) is 54.6 Å². The number of hydrogen-bond acceptors (Lipinski definition) is 4. The fourth-order valence-corrected chi connectivity index (χ4v) is 3.90. The van der Waals surface area contributed by atoms with Gasteiger partial charge in [0.25, 0.3) is 0 Å². The van der Waals surface area contributed by atoms with Gasteiger partial charge in [0, 0.05) is 12.0 Å². The van der Waals surface area contributed by atoms with Gasteiger partial charge in [0.15, 0.2) is 0 Å². The number of nitrogens with zero attached hydrogens (tertiary/aromatic N) is 1. The molecule has 29 heavy (non-hydrogen) atoms. The molecule has 0 spiro atoms. The van der Waals surface area contributed by atoms with Crippen LogP contribution < -0.4 is 5.32 Å². The average molecular weight is 394 g/mol. The predicted molar refractivity (Wildman–Crippen MR) is 111 cm³/mol. The smallest absolute Gasteiger partial charge is 0.305 e. The first-order valence-corrected chi connectivity index (χ1v) is 10.0. The molecule has 152 valence electrons. The van der Waals surface area contributed by atoms with Crippen molar-refractivity contribution in [3.63, 3.8) is 0 Å². The molecule has 0 bridgehead atoms. The molecule has 0 aromatic heterocycles. The van der Waals surface area contributed by atoms with Gasteiger partial charge >= 0.3 is 5.97 Å². The molecule has 0 saturated heterocycles. The van der Waals surface area contributed by atoms with E-state index in [-0.39, 0.29) is 24.3 Å². The van der Waals surface area contributed by atoms with Crippen LogP contribution in [0.5, 0.6) is 0 Å². The van der Waals surface area contributed by atoms with Crippen LogP contribution in [0.15, 0.2) is 59.8 Å². The van der Waals surface area contributed by atoms with Gasteiger partial charge in [-0.25, -0.2) is 0 Å². The first-order valence-electron chi connectivity index (χ1n) is 10.0. The maximum absolute atomic E-state index is 12.6. The van der Waals surface area contributed by atoms with E-state index in [2.05, 4.69) is 10.5 Å². The molecule has 1 aliphatic rings. The van der Waals surface area contributed by atoms with Crippen LogP contribution >= 0.6 is 0 Å². The van der Waals surface area contributed by atoms with Crippen LogP contribution in [0, 0.1) is 10.8 Å². The van der Waals surface area contributed by atoms with E-state index in [9.17, 15) is 19.6 Å². The van der Waals surface area contributed by atoms with E-state index < -0.39 is 12.0 Å². The number of hydrogen-bond donors (Lipinski definition) is 2. The highest BCUT2D eigenvalue weighted by molar-refractivity contribution is 5.80.